The fourth-order valence-corrected chi connectivity index (χ4v) is 4.80. The van der Waals surface area contributed by atoms with Crippen molar-refractivity contribution in [2.45, 2.75) is 38.5 Å². The molecule has 0 amide bonds. The molecular formula is C14H17NO2. The van der Waals surface area contributed by atoms with Crippen molar-refractivity contribution < 1.29 is 9.90 Å². The SMILES string of the molecule is N#CC(=CC12CC3CC(CC(C3)C1)C2)C(=O)O. The minimum absolute atomic E-state index is 0.0399. The van der Waals surface area contributed by atoms with Gasteiger partial charge in [0.05, 0.1) is 0 Å². The Bertz CT molecular complexity index is 395. The second-order valence-corrected chi connectivity index (χ2v) is 6.25. The van der Waals surface area contributed by atoms with Crippen LogP contribution < -0.4 is 0 Å². The summed E-state index contributed by atoms with van der Waals surface area (Å²) in [5.41, 5.74) is -0.00924. The van der Waals surface area contributed by atoms with Crippen LogP contribution in [0.1, 0.15) is 38.5 Å². The van der Waals surface area contributed by atoms with Crippen LogP contribution in [-0.2, 0) is 4.79 Å². The van der Waals surface area contributed by atoms with Crippen molar-refractivity contribution in [1.29, 1.82) is 5.26 Å². The van der Waals surface area contributed by atoms with Crippen LogP contribution in [0.2, 0.25) is 0 Å². The number of carboxylic acids is 1. The van der Waals surface area contributed by atoms with E-state index >= 15 is 0 Å². The first-order valence-electron chi connectivity index (χ1n) is 6.46. The molecule has 4 aliphatic rings. The zero-order valence-electron chi connectivity index (χ0n) is 9.85. The predicted molar refractivity (Wildman–Crippen MR) is 61.9 cm³/mol. The summed E-state index contributed by atoms with van der Waals surface area (Å²) in [5.74, 6) is 1.28. The Kier molecular flexibility index (Phi) is 2.29. The van der Waals surface area contributed by atoms with Gasteiger partial charge in [0.1, 0.15) is 11.6 Å². The molecule has 90 valence electrons. The van der Waals surface area contributed by atoms with Gasteiger partial charge < -0.3 is 5.11 Å². The molecule has 17 heavy (non-hydrogen) atoms. The smallest absolute Gasteiger partial charge is 0.346 e. The minimum Gasteiger partial charge on any atom is -0.477 e. The largest absolute Gasteiger partial charge is 0.477 e. The highest BCUT2D eigenvalue weighted by atomic mass is 16.4. The van der Waals surface area contributed by atoms with Crippen LogP contribution in [0, 0.1) is 34.5 Å². The van der Waals surface area contributed by atoms with Gasteiger partial charge in [0.2, 0.25) is 0 Å². The number of hydrogen-bond acceptors (Lipinski definition) is 2. The molecule has 4 aliphatic carbocycles. The van der Waals surface area contributed by atoms with E-state index in [9.17, 15) is 4.79 Å². The third kappa shape index (κ3) is 1.76. The van der Waals surface area contributed by atoms with Gasteiger partial charge in [0, 0.05) is 0 Å². The lowest BCUT2D eigenvalue weighted by atomic mass is 9.49. The second kappa shape index (κ2) is 3.60. The molecular weight excluding hydrogens is 214 g/mol. The van der Waals surface area contributed by atoms with Crippen LogP contribution in [0.15, 0.2) is 11.6 Å². The van der Waals surface area contributed by atoms with Crippen LogP contribution >= 0.6 is 0 Å². The number of nitriles is 1. The third-order valence-electron chi connectivity index (χ3n) is 4.89. The van der Waals surface area contributed by atoms with Gasteiger partial charge in [-0.05, 0) is 61.7 Å². The molecule has 0 atom stereocenters. The van der Waals surface area contributed by atoms with Gasteiger partial charge in [0.25, 0.3) is 0 Å². The number of rotatable bonds is 2. The first kappa shape index (κ1) is 10.8. The summed E-state index contributed by atoms with van der Waals surface area (Å²) in [7, 11) is 0. The Labute approximate surface area is 101 Å². The van der Waals surface area contributed by atoms with Crippen molar-refractivity contribution in [2.24, 2.45) is 23.2 Å². The highest BCUT2D eigenvalue weighted by Crippen LogP contribution is 2.60. The fourth-order valence-electron chi connectivity index (χ4n) is 4.80. The molecule has 4 bridgehead atoms. The Morgan fingerprint density at radius 2 is 1.65 bits per heavy atom. The monoisotopic (exact) mass is 231 g/mol. The zero-order chi connectivity index (χ0) is 12.0. The summed E-state index contributed by atoms with van der Waals surface area (Å²) < 4.78 is 0. The summed E-state index contributed by atoms with van der Waals surface area (Å²) in [4.78, 5) is 11.0. The molecule has 0 saturated heterocycles. The van der Waals surface area contributed by atoms with Gasteiger partial charge in [-0.15, -0.1) is 0 Å². The lowest BCUT2D eigenvalue weighted by Crippen LogP contribution is -2.45. The molecule has 3 heteroatoms. The Hall–Kier alpha value is -1.30. The van der Waals surface area contributed by atoms with E-state index in [2.05, 4.69) is 0 Å². The molecule has 1 N–H and O–H groups in total. The lowest BCUT2D eigenvalue weighted by Gasteiger charge is -2.55. The van der Waals surface area contributed by atoms with Crippen molar-refractivity contribution >= 4 is 5.97 Å². The molecule has 4 fully saturated rings. The van der Waals surface area contributed by atoms with Crippen LogP contribution in [0.3, 0.4) is 0 Å². The van der Waals surface area contributed by atoms with E-state index in [4.69, 9.17) is 10.4 Å². The van der Waals surface area contributed by atoms with Crippen molar-refractivity contribution in [3.05, 3.63) is 11.6 Å². The molecule has 4 saturated carbocycles. The van der Waals surface area contributed by atoms with E-state index in [0.29, 0.717) is 0 Å². The van der Waals surface area contributed by atoms with Crippen LogP contribution in [0.4, 0.5) is 0 Å². The van der Waals surface area contributed by atoms with Crippen molar-refractivity contribution in [1.82, 2.24) is 0 Å². The Balaban J connectivity index is 1.92. The fraction of sp³-hybridized carbons (Fsp3) is 0.714. The highest BCUT2D eigenvalue weighted by molar-refractivity contribution is 5.91. The van der Waals surface area contributed by atoms with Crippen LogP contribution in [0.5, 0.6) is 0 Å². The average molecular weight is 231 g/mol. The van der Waals surface area contributed by atoms with Crippen LogP contribution in [-0.4, -0.2) is 11.1 Å². The molecule has 0 aromatic carbocycles. The number of nitrogens with zero attached hydrogens (tertiary/aromatic N) is 1. The zero-order valence-corrected chi connectivity index (χ0v) is 9.85. The van der Waals surface area contributed by atoms with E-state index in [1.165, 1.54) is 19.3 Å². The average Bonchev–Trinajstić information content (AvgIpc) is 2.23. The summed E-state index contributed by atoms with van der Waals surface area (Å²) in [6.07, 6.45) is 9.12. The van der Waals surface area contributed by atoms with Crippen LogP contribution in [0.25, 0.3) is 0 Å². The maximum absolute atomic E-state index is 11.0. The van der Waals surface area contributed by atoms with Gasteiger partial charge >= 0.3 is 5.97 Å². The number of allylic oxidation sites excluding steroid dienone is 1. The molecule has 3 nitrogen and oxygen atoms in total. The first-order valence-corrected chi connectivity index (χ1v) is 6.46. The van der Waals surface area contributed by atoms with Crippen molar-refractivity contribution in [3.8, 4) is 6.07 Å². The third-order valence-corrected chi connectivity index (χ3v) is 4.89. The number of aliphatic carboxylic acids is 1. The maximum atomic E-state index is 11.0. The summed E-state index contributed by atoms with van der Waals surface area (Å²) in [6, 6.07) is 1.84. The molecule has 0 heterocycles. The van der Waals surface area contributed by atoms with Gasteiger partial charge in [-0.2, -0.15) is 5.26 Å². The first-order chi connectivity index (χ1) is 8.10. The number of carbonyl (C=O) groups is 1. The molecule has 0 aromatic heterocycles. The van der Waals surface area contributed by atoms with E-state index < -0.39 is 5.97 Å². The van der Waals surface area contributed by atoms with Gasteiger partial charge in [-0.25, -0.2) is 4.79 Å². The molecule has 0 spiro atoms. The normalized spacial score (nSPS) is 43.5. The Morgan fingerprint density at radius 3 is 2.00 bits per heavy atom. The summed E-state index contributed by atoms with van der Waals surface area (Å²) >= 11 is 0. The van der Waals surface area contributed by atoms with E-state index in [-0.39, 0.29) is 11.0 Å². The van der Waals surface area contributed by atoms with Crippen molar-refractivity contribution in [3.63, 3.8) is 0 Å². The number of carboxylic acid groups (broad SMARTS) is 1. The van der Waals surface area contributed by atoms with Gasteiger partial charge in [0.15, 0.2) is 0 Å². The van der Waals surface area contributed by atoms with Crippen molar-refractivity contribution in [2.75, 3.05) is 0 Å². The van der Waals surface area contributed by atoms with Gasteiger partial charge in [-0.3, -0.25) is 0 Å². The molecule has 0 aliphatic heterocycles. The maximum Gasteiger partial charge on any atom is 0.346 e. The number of hydrogen-bond donors (Lipinski definition) is 1. The molecule has 4 rings (SSSR count). The predicted octanol–water partition coefficient (Wildman–Crippen LogP) is 2.74. The Morgan fingerprint density at radius 1 is 1.18 bits per heavy atom. The van der Waals surface area contributed by atoms with E-state index in [1.807, 2.05) is 6.07 Å². The topological polar surface area (TPSA) is 61.1 Å². The molecule has 0 radical (unpaired) electrons. The van der Waals surface area contributed by atoms with E-state index in [0.717, 1.165) is 37.0 Å². The minimum atomic E-state index is -1.07. The lowest BCUT2D eigenvalue weighted by molar-refractivity contribution is -0.132. The quantitative estimate of drug-likeness (QED) is 0.587. The van der Waals surface area contributed by atoms with Gasteiger partial charge in [-0.1, -0.05) is 6.08 Å². The van der Waals surface area contributed by atoms with E-state index in [1.54, 1.807) is 6.08 Å². The highest BCUT2D eigenvalue weighted by Gasteiger charge is 2.50. The summed E-state index contributed by atoms with van der Waals surface area (Å²) in [5, 5.41) is 17.9. The summed E-state index contributed by atoms with van der Waals surface area (Å²) in [6.45, 7) is 0. The molecule has 0 aromatic rings. The second-order valence-electron chi connectivity index (χ2n) is 6.25. The standard InChI is InChI=1S/C14H17NO2/c15-8-12(13(16)17)7-14-4-9-1-10(5-14)3-11(2-9)6-14/h7,9-11H,1-6H2,(H,16,17). The molecule has 0 unspecified atom stereocenters.